The van der Waals surface area contributed by atoms with Crippen molar-refractivity contribution in [1.29, 1.82) is 5.26 Å². The predicted molar refractivity (Wildman–Crippen MR) is 91.3 cm³/mol. The molecule has 2 N–H and O–H groups in total. The Balaban J connectivity index is 1.91. The van der Waals surface area contributed by atoms with Gasteiger partial charge in [0.1, 0.15) is 11.2 Å². The summed E-state index contributed by atoms with van der Waals surface area (Å²) in [6, 6.07) is 9.38. The van der Waals surface area contributed by atoms with Crippen molar-refractivity contribution in [2.24, 2.45) is 5.41 Å². The van der Waals surface area contributed by atoms with Crippen LogP contribution in [-0.2, 0) is 4.79 Å². The Morgan fingerprint density at radius 3 is 2.46 bits per heavy atom. The van der Waals surface area contributed by atoms with Crippen LogP contribution in [0.4, 0.5) is 0 Å². The van der Waals surface area contributed by atoms with Crippen LogP contribution in [0.3, 0.4) is 0 Å². The predicted octanol–water partition coefficient (Wildman–Crippen LogP) is 3.10. The van der Waals surface area contributed by atoms with Crippen molar-refractivity contribution in [1.82, 2.24) is 5.32 Å². The second-order valence-electron chi connectivity index (χ2n) is 6.72. The summed E-state index contributed by atoms with van der Waals surface area (Å²) in [6.45, 7) is 4.01. The molecule has 1 aliphatic carbocycles. The lowest BCUT2D eigenvalue weighted by atomic mass is 9.74. The molecule has 1 aliphatic rings. The molecule has 1 aromatic carbocycles. The summed E-state index contributed by atoms with van der Waals surface area (Å²) in [6.07, 6.45) is 3.38. The smallest absolute Gasteiger partial charge is 0.240 e. The third-order valence-corrected chi connectivity index (χ3v) is 4.45. The van der Waals surface area contributed by atoms with Gasteiger partial charge in [0, 0.05) is 6.54 Å². The van der Waals surface area contributed by atoms with Gasteiger partial charge in [-0.25, -0.2) is 0 Å². The molecule has 1 saturated carbocycles. The third kappa shape index (κ3) is 4.48. The number of nitrogens with one attached hydrogen (secondary N) is 1. The second kappa shape index (κ2) is 8.16. The summed E-state index contributed by atoms with van der Waals surface area (Å²) in [7, 11) is 0. The first-order chi connectivity index (χ1) is 11.5. The van der Waals surface area contributed by atoms with Gasteiger partial charge in [0.05, 0.1) is 18.3 Å². The number of aliphatic hydroxyl groups is 1. The van der Waals surface area contributed by atoms with Crippen LogP contribution in [0, 0.1) is 16.7 Å². The summed E-state index contributed by atoms with van der Waals surface area (Å²) in [5.41, 5.74) is -0.214. The molecule has 2 rings (SSSR count). The molecule has 1 amide bonds. The fraction of sp³-hybridized carbons (Fsp3) is 0.579. The van der Waals surface area contributed by atoms with Gasteiger partial charge >= 0.3 is 0 Å². The monoisotopic (exact) mass is 330 g/mol. The van der Waals surface area contributed by atoms with Crippen molar-refractivity contribution < 1.29 is 14.6 Å². The lowest BCUT2D eigenvalue weighted by Crippen LogP contribution is -2.42. The Hall–Kier alpha value is -2.06. The molecular formula is C19H26N2O3. The summed E-state index contributed by atoms with van der Waals surface area (Å²) in [4.78, 5) is 12.4. The highest BCUT2D eigenvalue weighted by atomic mass is 16.5. The minimum atomic E-state index is -0.924. The zero-order valence-electron chi connectivity index (χ0n) is 14.4. The molecule has 1 fully saturated rings. The number of amides is 1. The Morgan fingerprint density at radius 1 is 1.29 bits per heavy atom. The van der Waals surface area contributed by atoms with Crippen LogP contribution in [0.15, 0.2) is 24.3 Å². The molecular weight excluding hydrogens is 304 g/mol. The van der Waals surface area contributed by atoms with Crippen LogP contribution in [-0.4, -0.2) is 23.7 Å². The number of ether oxygens (including phenoxy) is 1. The fourth-order valence-corrected chi connectivity index (χ4v) is 3.06. The maximum absolute atomic E-state index is 12.4. The van der Waals surface area contributed by atoms with E-state index in [0.29, 0.717) is 18.4 Å². The Kier molecular flexibility index (Phi) is 6.22. The first-order valence-electron chi connectivity index (χ1n) is 8.61. The first-order valence-corrected chi connectivity index (χ1v) is 8.61. The standard InChI is InChI=1S/C19H26N2O3/c1-14(2)24-16-8-6-15(7-9-16)17(22)12-21-18(23)19(13-20)10-4-3-5-11-19/h6-9,14,17,22H,3-5,10-12H2,1-2H3,(H,21,23)/t17-/m1/s1. The fourth-order valence-electron chi connectivity index (χ4n) is 3.06. The van der Waals surface area contributed by atoms with Crippen molar-refractivity contribution in [3.63, 3.8) is 0 Å². The van der Waals surface area contributed by atoms with Gasteiger partial charge in [-0.3, -0.25) is 4.79 Å². The number of nitrogens with zero attached hydrogens (tertiary/aromatic N) is 1. The quantitative estimate of drug-likeness (QED) is 0.839. The zero-order valence-corrected chi connectivity index (χ0v) is 14.4. The van der Waals surface area contributed by atoms with Crippen LogP contribution in [0.5, 0.6) is 5.75 Å². The molecule has 0 aromatic heterocycles. The van der Waals surface area contributed by atoms with E-state index in [4.69, 9.17) is 4.74 Å². The molecule has 0 unspecified atom stereocenters. The number of nitriles is 1. The van der Waals surface area contributed by atoms with Gasteiger partial charge in [-0.1, -0.05) is 31.4 Å². The van der Waals surface area contributed by atoms with Gasteiger partial charge in [-0.15, -0.1) is 0 Å². The number of rotatable bonds is 6. The summed E-state index contributed by atoms with van der Waals surface area (Å²) < 4.78 is 5.57. The zero-order chi connectivity index (χ0) is 17.6. The van der Waals surface area contributed by atoms with E-state index in [1.807, 2.05) is 13.8 Å². The highest BCUT2D eigenvalue weighted by Crippen LogP contribution is 2.35. The van der Waals surface area contributed by atoms with Crippen LogP contribution >= 0.6 is 0 Å². The number of hydrogen-bond acceptors (Lipinski definition) is 4. The van der Waals surface area contributed by atoms with Crippen molar-refractivity contribution in [3.8, 4) is 11.8 Å². The van der Waals surface area contributed by atoms with Gasteiger partial charge in [0.15, 0.2) is 0 Å². The highest BCUT2D eigenvalue weighted by Gasteiger charge is 2.39. The summed E-state index contributed by atoms with van der Waals surface area (Å²) >= 11 is 0. The van der Waals surface area contributed by atoms with Crippen LogP contribution in [0.1, 0.15) is 57.6 Å². The van der Waals surface area contributed by atoms with E-state index in [1.54, 1.807) is 24.3 Å². The molecule has 0 saturated heterocycles. The van der Waals surface area contributed by atoms with Gasteiger partial charge in [-0.2, -0.15) is 5.26 Å². The van der Waals surface area contributed by atoms with E-state index < -0.39 is 11.5 Å². The molecule has 0 aliphatic heterocycles. The number of carbonyl (C=O) groups is 1. The molecule has 24 heavy (non-hydrogen) atoms. The lowest BCUT2D eigenvalue weighted by Gasteiger charge is -2.29. The van der Waals surface area contributed by atoms with Crippen molar-refractivity contribution in [2.75, 3.05) is 6.54 Å². The third-order valence-electron chi connectivity index (χ3n) is 4.45. The minimum Gasteiger partial charge on any atom is -0.491 e. The molecule has 130 valence electrons. The van der Waals surface area contributed by atoms with Gasteiger partial charge < -0.3 is 15.2 Å². The number of hydrogen-bond donors (Lipinski definition) is 2. The Bertz CT molecular complexity index is 584. The Labute approximate surface area is 143 Å². The summed E-state index contributed by atoms with van der Waals surface area (Å²) in [5, 5.41) is 22.4. The SMILES string of the molecule is CC(C)Oc1ccc([C@H](O)CNC(=O)C2(C#N)CCCCC2)cc1. The molecule has 0 bridgehead atoms. The maximum atomic E-state index is 12.4. The molecule has 0 radical (unpaired) electrons. The second-order valence-corrected chi connectivity index (χ2v) is 6.72. The molecule has 1 aromatic rings. The molecule has 5 heteroatoms. The van der Waals surface area contributed by atoms with E-state index in [-0.39, 0.29) is 18.6 Å². The van der Waals surface area contributed by atoms with E-state index in [0.717, 1.165) is 25.0 Å². The van der Waals surface area contributed by atoms with Gasteiger partial charge in [0.2, 0.25) is 5.91 Å². The van der Waals surface area contributed by atoms with Crippen LogP contribution in [0.2, 0.25) is 0 Å². The largest absolute Gasteiger partial charge is 0.491 e. The van der Waals surface area contributed by atoms with E-state index >= 15 is 0 Å². The van der Waals surface area contributed by atoms with Crippen molar-refractivity contribution in [3.05, 3.63) is 29.8 Å². The molecule has 1 atom stereocenters. The highest BCUT2D eigenvalue weighted by molar-refractivity contribution is 5.85. The van der Waals surface area contributed by atoms with E-state index in [1.165, 1.54) is 0 Å². The topological polar surface area (TPSA) is 82.3 Å². The van der Waals surface area contributed by atoms with Gasteiger partial charge in [-0.05, 0) is 44.4 Å². The maximum Gasteiger partial charge on any atom is 0.240 e. The van der Waals surface area contributed by atoms with E-state index in [9.17, 15) is 15.2 Å². The lowest BCUT2D eigenvalue weighted by molar-refractivity contribution is -0.130. The molecule has 0 heterocycles. The van der Waals surface area contributed by atoms with Crippen molar-refractivity contribution >= 4 is 5.91 Å². The normalized spacial score (nSPS) is 17.8. The number of aliphatic hydroxyl groups excluding tert-OH is 1. The number of benzene rings is 1. The molecule has 0 spiro atoms. The van der Waals surface area contributed by atoms with Crippen LogP contribution < -0.4 is 10.1 Å². The minimum absolute atomic E-state index is 0.0951. The van der Waals surface area contributed by atoms with Gasteiger partial charge in [0.25, 0.3) is 0 Å². The van der Waals surface area contributed by atoms with Crippen LogP contribution in [0.25, 0.3) is 0 Å². The molecule has 5 nitrogen and oxygen atoms in total. The van der Waals surface area contributed by atoms with Crippen molar-refractivity contribution in [2.45, 2.75) is 58.2 Å². The summed E-state index contributed by atoms with van der Waals surface area (Å²) in [5.74, 6) is 0.485. The average molecular weight is 330 g/mol. The first kappa shape index (κ1) is 18.3. The van der Waals surface area contributed by atoms with E-state index in [2.05, 4.69) is 11.4 Å². The number of carbonyl (C=O) groups excluding carboxylic acids is 1. The average Bonchev–Trinajstić information content (AvgIpc) is 2.60. The Morgan fingerprint density at radius 2 is 1.92 bits per heavy atom.